The molecule has 142 valence electrons. The van der Waals surface area contributed by atoms with Crippen LogP contribution in [-0.4, -0.2) is 27.4 Å². The van der Waals surface area contributed by atoms with Crippen LogP contribution in [0.1, 0.15) is 17.5 Å². The molecule has 0 atom stereocenters. The molecule has 0 heterocycles. The summed E-state index contributed by atoms with van der Waals surface area (Å²) in [7, 11) is -3.49. The molecule has 5 nitrogen and oxygen atoms in total. The van der Waals surface area contributed by atoms with E-state index in [2.05, 4.69) is 26.0 Å². The van der Waals surface area contributed by atoms with Gasteiger partial charge in [-0.1, -0.05) is 58.4 Å². The Labute approximate surface area is 168 Å². The number of benzene rings is 2. The molecule has 0 aromatic heterocycles. The molecule has 0 radical (unpaired) electrons. The van der Waals surface area contributed by atoms with Gasteiger partial charge in [0.2, 0.25) is 15.9 Å². The van der Waals surface area contributed by atoms with E-state index in [-0.39, 0.29) is 12.5 Å². The van der Waals surface area contributed by atoms with Gasteiger partial charge in [-0.25, -0.2) is 13.1 Å². The van der Waals surface area contributed by atoms with Gasteiger partial charge in [0.05, 0.1) is 0 Å². The summed E-state index contributed by atoms with van der Waals surface area (Å²) in [5.74, 6) is -0.218. The van der Waals surface area contributed by atoms with E-state index < -0.39 is 10.0 Å². The van der Waals surface area contributed by atoms with Gasteiger partial charge in [-0.3, -0.25) is 4.79 Å². The second-order valence-corrected chi connectivity index (χ2v) is 8.25. The average molecular weight is 449 g/mol. The number of hydrogen-bond donors (Lipinski definition) is 2. The molecular weight excluding hydrogens is 428 g/mol. The standard InChI is InChI=1S/C20H21BrN2O3S/c21-19-10-7-18(8-11-19)9-12-20(24)22-14-4-15-23-27(25,26)16-13-17-5-2-1-3-6-17/h1-3,5-13,16,23H,4,14-15H2,(H,22,24)/b12-9?,16-13+. The number of amides is 1. The van der Waals surface area contributed by atoms with Crippen molar-refractivity contribution in [3.05, 3.63) is 81.7 Å². The van der Waals surface area contributed by atoms with Crippen LogP contribution in [0.5, 0.6) is 0 Å². The number of sulfonamides is 1. The largest absolute Gasteiger partial charge is 0.353 e. The van der Waals surface area contributed by atoms with Crippen molar-refractivity contribution in [1.29, 1.82) is 0 Å². The van der Waals surface area contributed by atoms with Crippen molar-refractivity contribution in [2.75, 3.05) is 13.1 Å². The van der Waals surface area contributed by atoms with Crippen LogP contribution in [0.15, 0.2) is 70.6 Å². The van der Waals surface area contributed by atoms with Crippen molar-refractivity contribution in [2.24, 2.45) is 0 Å². The SMILES string of the molecule is O=C(C=Cc1ccc(Br)cc1)NCCCNS(=O)(=O)/C=C/c1ccccc1. The molecule has 2 aromatic rings. The van der Waals surface area contributed by atoms with Crippen LogP contribution in [0.25, 0.3) is 12.2 Å². The molecule has 27 heavy (non-hydrogen) atoms. The molecule has 0 aliphatic carbocycles. The Morgan fingerprint density at radius 3 is 2.30 bits per heavy atom. The highest BCUT2D eigenvalue weighted by molar-refractivity contribution is 9.10. The quantitative estimate of drug-likeness (QED) is 0.454. The number of hydrogen-bond acceptors (Lipinski definition) is 3. The van der Waals surface area contributed by atoms with Gasteiger partial charge in [0.1, 0.15) is 0 Å². The van der Waals surface area contributed by atoms with Crippen LogP contribution < -0.4 is 10.0 Å². The van der Waals surface area contributed by atoms with Crippen molar-refractivity contribution in [3.8, 4) is 0 Å². The number of nitrogens with one attached hydrogen (secondary N) is 2. The van der Waals surface area contributed by atoms with Gasteiger partial charge in [0, 0.05) is 29.0 Å². The van der Waals surface area contributed by atoms with Gasteiger partial charge in [-0.2, -0.15) is 0 Å². The van der Waals surface area contributed by atoms with Crippen molar-refractivity contribution in [2.45, 2.75) is 6.42 Å². The van der Waals surface area contributed by atoms with E-state index >= 15 is 0 Å². The van der Waals surface area contributed by atoms with Crippen LogP contribution in [0.4, 0.5) is 0 Å². The summed E-state index contributed by atoms with van der Waals surface area (Å²) in [6, 6.07) is 16.8. The van der Waals surface area contributed by atoms with E-state index in [1.165, 1.54) is 12.2 Å². The van der Waals surface area contributed by atoms with Gasteiger partial charge in [-0.15, -0.1) is 0 Å². The maximum atomic E-state index is 11.9. The van der Waals surface area contributed by atoms with Gasteiger partial charge in [-0.05, 0) is 41.8 Å². The molecule has 0 aliphatic heterocycles. The Bertz CT molecular complexity index is 893. The molecule has 2 rings (SSSR count). The highest BCUT2D eigenvalue weighted by atomic mass is 79.9. The van der Waals surface area contributed by atoms with E-state index in [1.807, 2.05) is 54.6 Å². The third-order valence-electron chi connectivity index (χ3n) is 3.49. The van der Waals surface area contributed by atoms with E-state index in [0.717, 1.165) is 21.0 Å². The Kier molecular flexibility index (Phi) is 8.44. The van der Waals surface area contributed by atoms with Crippen LogP contribution in [0.3, 0.4) is 0 Å². The Morgan fingerprint density at radius 2 is 1.59 bits per heavy atom. The summed E-state index contributed by atoms with van der Waals surface area (Å²) in [5.41, 5.74) is 1.74. The minimum atomic E-state index is -3.49. The predicted molar refractivity (Wildman–Crippen MR) is 113 cm³/mol. The molecule has 2 N–H and O–H groups in total. The molecule has 0 unspecified atom stereocenters. The second kappa shape index (κ2) is 10.8. The van der Waals surface area contributed by atoms with Crippen molar-refractivity contribution < 1.29 is 13.2 Å². The van der Waals surface area contributed by atoms with E-state index in [1.54, 1.807) is 6.08 Å². The highest BCUT2D eigenvalue weighted by Gasteiger charge is 2.04. The summed E-state index contributed by atoms with van der Waals surface area (Å²) < 4.78 is 27.2. The average Bonchev–Trinajstić information content (AvgIpc) is 2.66. The minimum absolute atomic E-state index is 0.218. The first-order valence-corrected chi connectivity index (χ1v) is 10.7. The molecule has 0 spiro atoms. The second-order valence-electron chi connectivity index (χ2n) is 5.68. The lowest BCUT2D eigenvalue weighted by atomic mass is 10.2. The maximum absolute atomic E-state index is 11.9. The molecule has 0 aliphatic rings. The molecule has 0 saturated carbocycles. The van der Waals surface area contributed by atoms with Crippen LogP contribution >= 0.6 is 15.9 Å². The number of halogens is 1. The monoisotopic (exact) mass is 448 g/mol. The summed E-state index contributed by atoms with van der Waals surface area (Å²) in [6.45, 7) is 0.632. The molecule has 0 fully saturated rings. The molecule has 0 saturated heterocycles. The molecule has 7 heteroatoms. The topological polar surface area (TPSA) is 75.3 Å². The fraction of sp³-hybridized carbons (Fsp3) is 0.150. The first kappa shape index (κ1) is 21.1. The zero-order valence-corrected chi connectivity index (χ0v) is 17.0. The lowest BCUT2D eigenvalue weighted by Gasteiger charge is -2.04. The summed E-state index contributed by atoms with van der Waals surface area (Å²) in [4.78, 5) is 11.7. The Balaban J connectivity index is 1.66. The zero-order chi connectivity index (χ0) is 19.5. The maximum Gasteiger partial charge on any atom is 0.243 e. The smallest absolute Gasteiger partial charge is 0.243 e. The van der Waals surface area contributed by atoms with Gasteiger partial charge in [0.15, 0.2) is 0 Å². The van der Waals surface area contributed by atoms with Crippen LogP contribution in [-0.2, 0) is 14.8 Å². The van der Waals surface area contributed by atoms with Crippen molar-refractivity contribution in [3.63, 3.8) is 0 Å². The molecular formula is C20H21BrN2O3S. The van der Waals surface area contributed by atoms with Crippen molar-refractivity contribution in [1.82, 2.24) is 10.0 Å². The third-order valence-corrected chi connectivity index (χ3v) is 5.12. The fourth-order valence-corrected chi connectivity index (χ4v) is 3.23. The van der Waals surface area contributed by atoms with E-state index in [0.29, 0.717) is 13.0 Å². The molecule has 2 aromatic carbocycles. The summed E-state index contributed by atoms with van der Waals surface area (Å²) in [5, 5.41) is 3.86. The fourth-order valence-electron chi connectivity index (χ4n) is 2.10. The number of rotatable bonds is 9. The highest BCUT2D eigenvalue weighted by Crippen LogP contribution is 2.11. The Hall–Kier alpha value is -2.22. The van der Waals surface area contributed by atoms with Gasteiger partial charge < -0.3 is 5.32 Å². The lowest BCUT2D eigenvalue weighted by Crippen LogP contribution is -2.28. The minimum Gasteiger partial charge on any atom is -0.353 e. The number of carbonyl (C=O) groups excluding carboxylic acids is 1. The summed E-state index contributed by atoms with van der Waals surface area (Å²) in [6.07, 6.45) is 5.21. The first-order chi connectivity index (χ1) is 12.9. The van der Waals surface area contributed by atoms with Crippen LogP contribution in [0, 0.1) is 0 Å². The van der Waals surface area contributed by atoms with E-state index in [9.17, 15) is 13.2 Å². The molecule has 0 bridgehead atoms. The Morgan fingerprint density at radius 1 is 0.926 bits per heavy atom. The lowest BCUT2D eigenvalue weighted by molar-refractivity contribution is -0.116. The zero-order valence-electron chi connectivity index (χ0n) is 14.6. The predicted octanol–water partition coefficient (Wildman–Crippen LogP) is 3.56. The number of carbonyl (C=O) groups is 1. The van der Waals surface area contributed by atoms with Gasteiger partial charge >= 0.3 is 0 Å². The van der Waals surface area contributed by atoms with E-state index in [4.69, 9.17) is 0 Å². The molecule has 1 amide bonds. The van der Waals surface area contributed by atoms with Crippen molar-refractivity contribution >= 4 is 44.0 Å². The summed E-state index contributed by atoms with van der Waals surface area (Å²) >= 11 is 3.35. The third kappa shape index (κ3) is 8.81. The van der Waals surface area contributed by atoms with Gasteiger partial charge in [0.25, 0.3) is 0 Å². The first-order valence-electron chi connectivity index (χ1n) is 8.39. The van der Waals surface area contributed by atoms with Crippen LogP contribution in [0.2, 0.25) is 0 Å². The normalized spacial score (nSPS) is 11.9.